The average Bonchev–Trinajstić information content (AvgIpc) is 2.15. The van der Waals surface area contributed by atoms with Crippen molar-refractivity contribution in [1.82, 2.24) is 0 Å². The molecule has 0 heterocycles. The van der Waals surface area contributed by atoms with Gasteiger partial charge in [-0.2, -0.15) is 0 Å². The number of carboxylic acids is 1. The molecule has 0 fully saturated rings. The molecule has 1 unspecified atom stereocenters. The lowest BCUT2D eigenvalue weighted by Gasteiger charge is -2.25. The third kappa shape index (κ3) is 2.41. The molecule has 0 radical (unpaired) electrons. The Kier molecular flexibility index (Phi) is 3.77. The maximum atomic E-state index is 13.5. The maximum Gasteiger partial charge on any atom is 0.314 e. The molecule has 1 rings (SSSR count). The second kappa shape index (κ2) is 4.75. The van der Waals surface area contributed by atoms with E-state index in [4.69, 9.17) is 10.8 Å². The molecule has 0 amide bonds. The zero-order valence-corrected chi connectivity index (χ0v) is 9.14. The number of carboxylic acid groups (broad SMARTS) is 1. The molecule has 94 valence electrons. The molecule has 0 spiro atoms. The van der Waals surface area contributed by atoms with E-state index < -0.39 is 34.4 Å². The van der Waals surface area contributed by atoms with Gasteiger partial charge in [0.15, 0.2) is 0 Å². The van der Waals surface area contributed by atoms with E-state index in [0.29, 0.717) is 12.1 Å². The summed E-state index contributed by atoms with van der Waals surface area (Å²) in [5.41, 5.74) is 2.76. The fourth-order valence-corrected chi connectivity index (χ4v) is 1.70. The summed E-state index contributed by atoms with van der Waals surface area (Å²) in [5, 5.41) is 9.05. The average molecular weight is 247 g/mol. The third-order valence-corrected chi connectivity index (χ3v) is 2.68. The Morgan fingerprint density at radius 3 is 2.18 bits per heavy atom. The van der Waals surface area contributed by atoms with Crippen molar-refractivity contribution in [2.45, 2.75) is 18.8 Å². The smallest absolute Gasteiger partial charge is 0.314 e. The quantitative estimate of drug-likeness (QED) is 0.852. The molecule has 1 aromatic carbocycles. The summed E-state index contributed by atoms with van der Waals surface area (Å²) in [7, 11) is 0. The van der Waals surface area contributed by atoms with Crippen LogP contribution in [-0.4, -0.2) is 17.6 Å². The van der Waals surface area contributed by atoms with E-state index in [9.17, 15) is 18.0 Å². The number of benzene rings is 1. The minimum Gasteiger partial charge on any atom is -0.481 e. The second-order valence-electron chi connectivity index (χ2n) is 3.92. The number of aliphatic carboxylic acids is 1. The molecule has 0 bridgehead atoms. The number of nitrogens with two attached hydrogens (primary N) is 1. The summed E-state index contributed by atoms with van der Waals surface area (Å²) in [6, 6.07) is 0.909. The SMILES string of the molecule is CC(CCN)(C(=O)O)c1c(F)cc(F)cc1F. The molecular weight excluding hydrogens is 235 g/mol. The van der Waals surface area contributed by atoms with E-state index in [1.54, 1.807) is 0 Å². The van der Waals surface area contributed by atoms with Crippen LogP contribution in [0.15, 0.2) is 12.1 Å². The number of rotatable bonds is 4. The molecule has 0 saturated heterocycles. The zero-order valence-electron chi connectivity index (χ0n) is 9.14. The molecule has 3 N–H and O–H groups in total. The Bertz CT molecular complexity index is 427. The van der Waals surface area contributed by atoms with E-state index in [1.165, 1.54) is 0 Å². The first-order chi connectivity index (χ1) is 7.82. The normalized spacial score (nSPS) is 14.4. The van der Waals surface area contributed by atoms with Crippen LogP contribution in [0.25, 0.3) is 0 Å². The third-order valence-electron chi connectivity index (χ3n) is 2.68. The van der Waals surface area contributed by atoms with Crippen LogP contribution in [0.4, 0.5) is 13.2 Å². The summed E-state index contributed by atoms with van der Waals surface area (Å²) in [4.78, 5) is 11.1. The molecule has 0 aliphatic carbocycles. The maximum absolute atomic E-state index is 13.5. The van der Waals surface area contributed by atoms with Crippen LogP contribution in [0.1, 0.15) is 18.9 Å². The Labute approximate surface area is 96.0 Å². The van der Waals surface area contributed by atoms with Crippen LogP contribution in [0.2, 0.25) is 0 Å². The number of halogens is 3. The van der Waals surface area contributed by atoms with Gasteiger partial charge in [-0.25, -0.2) is 13.2 Å². The highest BCUT2D eigenvalue weighted by Gasteiger charge is 2.39. The van der Waals surface area contributed by atoms with Crippen molar-refractivity contribution in [3.8, 4) is 0 Å². The molecule has 0 aliphatic heterocycles. The van der Waals surface area contributed by atoms with Gasteiger partial charge < -0.3 is 10.8 Å². The van der Waals surface area contributed by atoms with E-state index in [-0.39, 0.29) is 13.0 Å². The molecule has 17 heavy (non-hydrogen) atoms. The summed E-state index contributed by atoms with van der Waals surface area (Å²) in [6.45, 7) is 1.10. The monoisotopic (exact) mass is 247 g/mol. The Balaban J connectivity index is 3.43. The van der Waals surface area contributed by atoms with Crippen molar-refractivity contribution in [1.29, 1.82) is 0 Å². The zero-order chi connectivity index (χ0) is 13.2. The minimum atomic E-state index is -1.81. The van der Waals surface area contributed by atoms with Gasteiger partial charge in [0.1, 0.15) is 17.5 Å². The van der Waals surface area contributed by atoms with Crippen molar-refractivity contribution in [2.24, 2.45) is 5.73 Å². The highest BCUT2D eigenvalue weighted by atomic mass is 19.1. The lowest BCUT2D eigenvalue weighted by Crippen LogP contribution is -2.36. The van der Waals surface area contributed by atoms with Gasteiger partial charge in [-0.1, -0.05) is 0 Å². The highest BCUT2D eigenvalue weighted by Crippen LogP contribution is 2.32. The van der Waals surface area contributed by atoms with Crippen molar-refractivity contribution in [3.63, 3.8) is 0 Å². The summed E-state index contributed by atoms with van der Waals surface area (Å²) >= 11 is 0. The van der Waals surface area contributed by atoms with E-state index in [1.807, 2.05) is 0 Å². The molecule has 0 saturated carbocycles. The van der Waals surface area contributed by atoms with Crippen LogP contribution in [0.3, 0.4) is 0 Å². The predicted octanol–water partition coefficient (Wildman–Crippen LogP) is 1.80. The van der Waals surface area contributed by atoms with Crippen LogP contribution in [0, 0.1) is 17.5 Å². The lowest BCUT2D eigenvalue weighted by molar-refractivity contribution is -0.143. The summed E-state index contributed by atoms with van der Waals surface area (Å²) < 4.78 is 39.7. The van der Waals surface area contributed by atoms with Gasteiger partial charge in [0, 0.05) is 17.7 Å². The van der Waals surface area contributed by atoms with Gasteiger partial charge >= 0.3 is 5.97 Å². The van der Waals surface area contributed by atoms with Gasteiger partial charge in [0.25, 0.3) is 0 Å². The Hall–Kier alpha value is -1.56. The summed E-state index contributed by atoms with van der Waals surface area (Å²) in [5.74, 6) is -4.95. The van der Waals surface area contributed by atoms with E-state index in [0.717, 1.165) is 6.92 Å². The van der Waals surface area contributed by atoms with Crippen LogP contribution in [0.5, 0.6) is 0 Å². The fraction of sp³-hybridized carbons (Fsp3) is 0.364. The van der Waals surface area contributed by atoms with Crippen molar-refractivity contribution < 1.29 is 23.1 Å². The summed E-state index contributed by atoms with van der Waals surface area (Å²) in [6.07, 6.45) is -0.151. The van der Waals surface area contributed by atoms with Crippen LogP contribution < -0.4 is 5.73 Å². The molecule has 1 aromatic rings. The first kappa shape index (κ1) is 13.5. The van der Waals surface area contributed by atoms with E-state index in [2.05, 4.69) is 0 Å². The van der Waals surface area contributed by atoms with E-state index >= 15 is 0 Å². The first-order valence-electron chi connectivity index (χ1n) is 4.91. The molecule has 1 atom stereocenters. The van der Waals surface area contributed by atoms with Crippen LogP contribution in [-0.2, 0) is 10.2 Å². The lowest BCUT2D eigenvalue weighted by atomic mass is 9.79. The fourth-order valence-electron chi connectivity index (χ4n) is 1.70. The molecule has 0 aliphatic rings. The van der Waals surface area contributed by atoms with Crippen molar-refractivity contribution in [2.75, 3.05) is 6.54 Å². The van der Waals surface area contributed by atoms with Gasteiger partial charge in [-0.05, 0) is 19.9 Å². The van der Waals surface area contributed by atoms with Gasteiger partial charge in [0.2, 0.25) is 0 Å². The van der Waals surface area contributed by atoms with Crippen LogP contribution >= 0.6 is 0 Å². The molecule has 3 nitrogen and oxygen atoms in total. The van der Waals surface area contributed by atoms with Gasteiger partial charge in [-0.3, -0.25) is 4.79 Å². The Morgan fingerprint density at radius 2 is 1.82 bits per heavy atom. The number of hydrogen-bond donors (Lipinski definition) is 2. The van der Waals surface area contributed by atoms with Gasteiger partial charge in [-0.15, -0.1) is 0 Å². The Morgan fingerprint density at radius 1 is 1.35 bits per heavy atom. The largest absolute Gasteiger partial charge is 0.481 e. The molecule has 6 heteroatoms. The standard InChI is InChI=1S/C11H12F3NO2/c1-11(2-3-15,10(16)17)9-7(13)4-6(12)5-8(9)14/h4-5H,2-3,15H2,1H3,(H,16,17). The predicted molar refractivity (Wildman–Crippen MR) is 55.0 cm³/mol. The van der Waals surface area contributed by atoms with Crippen molar-refractivity contribution >= 4 is 5.97 Å². The molecule has 0 aromatic heterocycles. The first-order valence-corrected chi connectivity index (χ1v) is 4.91. The highest BCUT2D eigenvalue weighted by molar-refractivity contribution is 5.81. The topological polar surface area (TPSA) is 63.3 Å². The molecular formula is C11H12F3NO2. The number of hydrogen-bond acceptors (Lipinski definition) is 2. The second-order valence-corrected chi connectivity index (χ2v) is 3.92. The van der Waals surface area contributed by atoms with Gasteiger partial charge in [0.05, 0.1) is 5.41 Å². The van der Waals surface area contributed by atoms with Crippen molar-refractivity contribution in [3.05, 3.63) is 35.1 Å². The number of carbonyl (C=O) groups is 1. The minimum absolute atomic E-state index is 0.0565.